The maximum Gasteiger partial charge on any atom is 0.129 e. The van der Waals surface area contributed by atoms with Crippen LogP contribution in [-0.4, -0.2) is 13.2 Å². The Kier molecular flexibility index (Phi) is 2.89. The second-order valence-corrected chi connectivity index (χ2v) is 4.35. The van der Waals surface area contributed by atoms with Crippen LogP contribution in [0.5, 0.6) is 5.75 Å². The molecule has 1 aliphatic heterocycles. The van der Waals surface area contributed by atoms with Crippen LogP contribution < -0.4 is 10.1 Å². The van der Waals surface area contributed by atoms with Gasteiger partial charge in [-0.15, -0.1) is 0 Å². The SMILES string of the molecule is CCC1Oc2c(C)ccc(Cl)c2C1NC. The zero-order chi connectivity index (χ0) is 11.0. The topological polar surface area (TPSA) is 21.3 Å². The Hall–Kier alpha value is -0.730. The van der Waals surface area contributed by atoms with Crippen molar-refractivity contribution in [2.75, 3.05) is 7.05 Å². The van der Waals surface area contributed by atoms with E-state index in [0.717, 1.165) is 28.3 Å². The fourth-order valence-electron chi connectivity index (χ4n) is 2.19. The molecule has 0 aromatic heterocycles. The summed E-state index contributed by atoms with van der Waals surface area (Å²) in [6.07, 6.45) is 1.18. The smallest absolute Gasteiger partial charge is 0.129 e. The molecule has 0 saturated carbocycles. The van der Waals surface area contributed by atoms with Crippen LogP contribution >= 0.6 is 11.6 Å². The zero-order valence-electron chi connectivity index (χ0n) is 9.30. The molecule has 1 aliphatic rings. The number of halogens is 1. The van der Waals surface area contributed by atoms with E-state index in [1.165, 1.54) is 0 Å². The summed E-state index contributed by atoms with van der Waals surface area (Å²) < 4.78 is 5.92. The summed E-state index contributed by atoms with van der Waals surface area (Å²) in [6, 6.07) is 4.17. The van der Waals surface area contributed by atoms with Crippen LogP contribution in [0.15, 0.2) is 12.1 Å². The van der Waals surface area contributed by atoms with Gasteiger partial charge in [-0.3, -0.25) is 0 Å². The Balaban J connectivity index is 2.51. The van der Waals surface area contributed by atoms with Crippen LogP contribution in [0.3, 0.4) is 0 Å². The number of nitrogens with one attached hydrogen (secondary N) is 1. The van der Waals surface area contributed by atoms with Gasteiger partial charge < -0.3 is 10.1 Å². The van der Waals surface area contributed by atoms with Gasteiger partial charge in [0.2, 0.25) is 0 Å². The lowest BCUT2D eigenvalue weighted by Gasteiger charge is -2.16. The number of benzene rings is 1. The number of hydrogen-bond acceptors (Lipinski definition) is 2. The Morgan fingerprint density at radius 1 is 1.47 bits per heavy atom. The lowest BCUT2D eigenvalue weighted by atomic mass is 10.0. The molecule has 15 heavy (non-hydrogen) atoms. The Morgan fingerprint density at radius 3 is 2.80 bits per heavy atom. The fourth-order valence-corrected chi connectivity index (χ4v) is 2.45. The van der Waals surface area contributed by atoms with Gasteiger partial charge in [0.25, 0.3) is 0 Å². The summed E-state index contributed by atoms with van der Waals surface area (Å²) in [5.41, 5.74) is 2.27. The van der Waals surface area contributed by atoms with Crippen molar-refractivity contribution in [1.82, 2.24) is 5.32 Å². The molecule has 1 N–H and O–H groups in total. The summed E-state index contributed by atoms with van der Waals surface area (Å²) in [4.78, 5) is 0. The molecule has 1 aromatic carbocycles. The molecule has 1 aromatic rings. The van der Waals surface area contributed by atoms with E-state index in [0.29, 0.717) is 0 Å². The van der Waals surface area contributed by atoms with Gasteiger partial charge in [0.1, 0.15) is 11.9 Å². The summed E-state index contributed by atoms with van der Waals surface area (Å²) in [6.45, 7) is 4.18. The number of likely N-dealkylation sites (N-methyl/N-ethyl adjacent to an activating group) is 1. The van der Waals surface area contributed by atoms with Crippen molar-refractivity contribution in [3.63, 3.8) is 0 Å². The second kappa shape index (κ2) is 4.03. The summed E-state index contributed by atoms with van der Waals surface area (Å²) in [7, 11) is 1.95. The van der Waals surface area contributed by atoms with Gasteiger partial charge in [0.05, 0.1) is 6.04 Å². The molecule has 1 heterocycles. The minimum Gasteiger partial charge on any atom is -0.488 e. The van der Waals surface area contributed by atoms with Gasteiger partial charge in [0.15, 0.2) is 0 Å². The van der Waals surface area contributed by atoms with Gasteiger partial charge in [-0.05, 0) is 32.0 Å². The molecule has 82 valence electrons. The number of ether oxygens (including phenoxy) is 1. The average Bonchev–Trinajstić information content (AvgIpc) is 2.63. The molecule has 2 rings (SSSR count). The van der Waals surface area contributed by atoms with Crippen molar-refractivity contribution >= 4 is 11.6 Å². The van der Waals surface area contributed by atoms with Crippen LogP contribution in [0, 0.1) is 6.92 Å². The molecule has 2 unspecified atom stereocenters. The second-order valence-electron chi connectivity index (χ2n) is 3.94. The van der Waals surface area contributed by atoms with E-state index in [-0.39, 0.29) is 12.1 Å². The molecule has 0 bridgehead atoms. The van der Waals surface area contributed by atoms with Crippen molar-refractivity contribution in [1.29, 1.82) is 0 Å². The molecule has 3 heteroatoms. The Labute approximate surface area is 95.6 Å². The average molecular weight is 226 g/mol. The third-order valence-electron chi connectivity index (χ3n) is 3.01. The third-order valence-corrected chi connectivity index (χ3v) is 3.33. The molecule has 0 radical (unpaired) electrons. The minimum absolute atomic E-state index is 0.198. The quantitative estimate of drug-likeness (QED) is 0.835. The third kappa shape index (κ3) is 1.62. The highest BCUT2D eigenvalue weighted by atomic mass is 35.5. The largest absolute Gasteiger partial charge is 0.488 e. The number of rotatable bonds is 2. The molecule has 0 saturated heterocycles. The van der Waals surface area contributed by atoms with Crippen LogP contribution in [0.1, 0.15) is 30.5 Å². The molecule has 2 atom stereocenters. The standard InChI is InChI=1S/C12H16ClNO/c1-4-9-11(14-3)10-8(13)6-5-7(2)12(10)15-9/h5-6,9,11,14H,4H2,1-3H3. The monoisotopic (exact) mass is 225 g/mol. The Morgan fingerprint density at radius 2 is 2.20 bits per heavy atom. The highest BCUT2D eigenvalue weighted by Crippen LogP contribution is 2.43. The van der Waals surface area contributed by atoms with Crippen molar-refractivity contribution in [3.05, 3.63) is 28.3 Å². The molecule has 0 fully saturated rings. The molecule has 0 spiro atoms. The normalized spacial score (nSPS) is 23.7. The van der Waals surface area contributed by atoms with Gasteiger partial charge >= 0.3 is 0 Å². The number of aryl methyl sites for hydroxylation is 1. The molecule has 2 nitrogen and oxygen atoms in total. The van der Waals surface area contributed by atoms with Crippen LogP contribution in [-0.2, 0) is 0 Å². The minimum atomic E-state index is 0.198. The first-order chi connectivity index (χ1) is 7.19. The predicted molar refractivity (Wildman–Crippen MR) is 62.7 cm³/mol. The predicted octanol–water partition coefficient (Wildman–Crippen LogP) is 3.08. The maximum atomic E-state index is 6.22. The number of hydrogen-bond donors (Lipinski definition) is 1. The highest BCUT2D eigenvalue weighted by Gasteiger charge is 2.34. The van der Waals surface area contributed by atoms with Crippen LogP contribution in [0.2, 0.25) is 5.02 Å². The molecular weight excluding hydrogens is 210 g/mol. The number of fused-ring (bicyclic) bond motifs is 1. The van der Waals surface area contributed by atoms with E-state index in [1.54, 1.807) is 0 Å². The van der Waals surface area contributed by atoms with Crippen LogP contribution in [0.25, 0.3) is 0 Å². The lowest BCUT2D eigenvalue weighted by molar-refractivity contribution is 0.188. The highest BCUT2D eigenvalue weighted by molar-refractivity contribution is 6.31. The van der Waals surface area contributed by atoms with Crippen molar-refractivity contribution in [3.8, 4) is 5.75 Å². The maximum absolute atomic E-state index is 6.22. The first-order valence-electron chi connectivity index (χ1n) is 5.32. The van der Waals surface area contributed by atoms with Crippen molar-refractivity contribution in [2.45, 2.75) is 32.4 Å². The Bertz CT molecular complexity index is 378. The summed E-state index contributed by atoms with van der Waals surface area (Å²) >= 11 is 6.22. The van der Waals surface area contributed by atoms with Crippen molar-refractivity contribution in [2.24, 2.45) is 0 Å². The first-order valence-corrected chi connectivity index (χ1v) is 5.69. The van der Waals surface area contributed by atoms with Gasteiger partial charge in [0, 0.05) is 10.6 Å². The lowest BCUT2D eigenvalue weighted by Crippen LogP contribution is -2.27. The molecule has 0 amide bonds. The van der Waals surface area contributed by atoms with Gasteiger partial charge in [-0.1, -0.05) is 24.6 Å². The zero-order valence-corrected chi connectivity index (χ0v) is 10.1. The first kappa shape index (κ1) is 10.8. The van der Waals surface area contributed by atoms with E-state index in [9.17, 15) is 0 Å². The van der Waals surface area contributed by atoms with Gasteiger partial charge in [-0.2, -0.15) is 0 Å². The molecule has 0 aliphatic carbocycles. The van der Waals surface area contributed by atoms with E-state index >= 15 is 0 Å². The molecular formula is C12H16ClNO. The van der Waals surface area contributed by atoms with E-state index in [4.69, 9.17) is 16.3 Å². The summed E-state index contributed by atoms with van der Waals surface area (Å²) in [5, 5.41) is 4.08. The van der Waals surface area contributed by atoms with E-state index in [2.05, 4.69) is 19.2 Å². The van der Waals surface area contributed by atoms with Crippen LogP contribution in [0.4, 0.5) is 0 Å². The van der Waals surface area contributed by atoms with E-state index < -0.39 is 0 Å². The fraction of sp³-hybridized carbons (Fsp3) is 0.500. The van der Waals surface area contributed by atoms with Gasteiger partial charge in [-0.25, -0.2) is 0 Å². The van der Waals surface area contributed by atoms with E-state index in [1.807, 2.05) is 19.2 Å². The van der Waals surface area contributed by atoms with Crippen molar-refractivity contribution < 1.29 is 4.74 Å². The summed E-state index contributed by atoms with van der Waals surface area (Å²) in [5.74, 6) is 0.966.